The molecule has 6 heteroatoms. The second-order valence-electron chi connectivity index (χ2n) is 7.50. The Kier molecular flexibility index (Phi) is 4.98. The molecule has 1 aromatic rings. The highest BCUT2D eigenvalue weighted by atomic mass is 16.6. The molecule has 1 aliphatic carbocycles. The molecule has 0 saturated heterocycles. The van der Waals surface area contributed by atoms with Gasteiger partial charge in [-0.1, -0.05) is 37.1 Å². The van der Waals surface area contributed by atoms with E-state index in [2.05, 4.69) is 5.32 Å². The molecule has 0 radical (unpaired) electrons. The fraction of sp³-hybridized carbons (Fsp3) is 0.455. The number of ether oxygens (including phenoxy) is 3. The van der Waals surface area contributed by atoms with Gasteiger partial charge in [-0.2, -0.15) is 0 Å². The van der Waals surface area contributed by atoms with Crippen molar-refractivity contribution in [1.82, 2.24) is 0 Å². The minimum absolute atomic E-state index is 0.199. The second kappa shape index (κ2) is 7.43. The molecule has 6 nitrogen and oxygen atoms in total. The third-order valence-electron chi connectivity index (χ3n) is 6.01. The van der Waals surface area contributed by atoms with Gasteiger partial charge >= 0.3 is 11.9 Å². The van der Waals surface area contributed by atoms with Gasteiger partial charge in [0.25, 0.3) is 0 Å². The van der Waals surface area contributed by atoms with Crippen molar-refractivity contribution in [3.63, 3.8) is 0 Å². The standard InChI is InChI=1S/C22H25NO5/c1-26-20(24)17-16-12-13-22(28-16,18(17)21(25)27-2)19(14-8-6-7-9-14)23-15-10-4-3-5-11-15/h3-5,10-14,16,19,23H,6-9H2,1-2H3. The maximum atomic E-state index is 12.8. The van der Waals surface area contributed by atoms with Crippen molar-refractivity contribution in [2.24, 2.45) is 5.92 Å². The predicted molar refractivity (Wildman–Crippen MR) is 104 cm³/mol. The molecule has 28 heavy (non-hydrogen) atoms. The summed E-state index contributed by atoms with van der Waals surface area (Å²) in [7, 11) is 2.63. The zero-order chi connectivity index (χ0) is 19.7. The third-order valence-corrected chi connectivity index (χ3v) is 6.01. The van der Waals surface area contributed by atoms with Crippen LogP contribution in [0.5, 0.6) is 0 Å². The SMILES string of the molecule is COC(=O)C1=C(C(=O)OC)C2(C(Nc3ccccc3)C3CCCC3)C=CC1O2. The number of anilines is 1. The van der Waals surface area contributed by atoms with Gasteiger partial charge in [0.2, 0.25) is 0 Å². The van der Waals surface area contributed by atoms with Crippen LogP contribution in [0.1, 0.15) is 25.7 Å². The molecule has 3 atom stereocenters. The van der Waals surface area contributed by atoms with Crippen LogP contribution in [-0.2, 0) is 23.8 Å². The van der Waals surface area contributed by atoms with Gasteiger partial charge in [0.15, 0.2) is 0 Å². The van der Waals surface area contributed by atoms with Crippen LogP contribution in [0, 0.1) is 5.92 Å². The first-order valence-corrected chi connectivity index (χ1v) is 9.70. The van der Waals surface area contributed by atoms with Crippen LogP contribution in [0.15, 0.2) is 53.6 Å². The van der Waals surface area contributed by atoms with Gasteiger partial charge < -0.3 is 19.5 Å². The second-order valence-corrected chi connectivity index (χ2v) is 7.50. The molecule has 2 heterocycles. The Bertz CT molecular complexity index is 825. The van der Waals surface area contributed by atoms with E-state index in [9.17, 15) is 9.59 Å². The molecule has 2 bridgehead atoms. The lowest BCUT2D eigenvalue weighted by atomic mass is 9.75. The lowest BCUT2D eigenvalue weighted by Crippen LogP contribution is -2.51. The molecule has 1 saturated carbocycles. The lowest BCUT2D eigenvalue weighted by molar-refractivity contribution is -0.139. The number of fused-ring (bicyclic) bond motifs is 2. The van der Waals surface area contributed by atoms with Crippen LogP contribution in [0.2, 0.25) is 0 Å². The molecule has 3 aliphatic rings. The van der Waals surface area contributed by atoms with Crippen molar-refractivity contribution in [3.8, 4) is 0 Å². The largest absolute Gasteiger partial charge is 0.466 e. The monoisotopic (exact) mass is 383 g/mol. The molecule has 1 fully saturated rings. The molecular weight excluding hydrogens is 358 g/mol. The number of carbonyl (C=O) groups excluding carboxylic acids is 2. The highest BCUT2D eigenvalue weighted by Gasteiger charge is 2.59. The maximum absolute atomic E-state index is 12.8. The van der Waals surface area contributed by atoms with Gasteiger partial charge in [0, 0.05) is 5.69 Å². The van der Waals surface area contributed by atoms with E-state index in [-0.39, 0.29) is 17.2 Å². The van der Waals surface area contributed by atoms with Crippen LogP contribution >= 0.6 is 0 Å². The number of hydrogen-bond donors (Lipinski definition) is 1. The van der Waals surface area contributed by atoms with Crippen molar-refractivity contribution < 1.29 is 23.8 Å². The van der Waals surface area contributed by atoms with E-state index < -0.39 is 23.6 Å². The molecule has 2 aliphatic heterocycles. The van der Waals surface area contributed by atoms with E-state index in [1.54, 1.807) is 0 Å². The molecule has 148 valence electrons. The molecule has 0 aromatic heterocycles. The van der Waals surface area contributed by atoms with Crippen LogP contribution in [0.3, 0.4) is 0 Å². The predicted octanol–water partition coefficient (Wildman–Crippen LogP) is 3.01. The number of methoxy groups -OCH3 is 2. The van der Waals surface area contributed by atoms with Crippen molar-refractivity contribution in [2.75, 3.05) is 19.5 Å². The van der Waals surface area contributed by atoms with E-state index in [1.807, 2.05) is 42.5 Å². The normalized spacial score (nSPS) is 27.1. The van der Waals surface area contributed by atoms with Crippen LogP contribution in [0.25, 0.3) is 0 Å². The number of para-hydroxylation sites is 1. The molecule has 4 rings (SSSR count). The van der Waals surface area contributed by atoms with Crippen molar-refractivity contribution in [3.05, 3.63) is 53.6 Å². The van der Waals surface area contributed by atoms with Gasteiger partial charge in [-0.3, -0.25) is 0 Å². The van der Waals surface area contributed by atoms with E-state index in [4.69, 9.17) is 14.2 Å². The topological polar surface area (TPSA) is 73.9 Å². The van der Waals surface area contributed by atoms with Gasteiger partial charge in [-0.05, 0) is 37.0 Å². The molecule has 1 aromatic carbocycles. The Morgan fingerprint density at radius 2 is 1.79 bits per heavy atom. The summed E-state index contributed by atoms with van der Waals surface area (Å²) in [5.74, 6) is -0.799. The smallest absolute Gasteiger partial charge is 0.337 e. The number of rotatable bonds is 6. The molecular formula is C22H25NO5. The number of carbonyl (C=O) groups is 2. The average molecular weight is 383 g/mol. The summed E-state index contributed by atoms with van der Waals surface area (Å²) in [4.78, 5) is 25.2. The molecule has 1 N–H and O–H groups in total. The van der Waals surface area contributed by atoms with Gasteiger partial charge in [-0.25, -0.2) is 9.59 Å². The first kappa shape index (κ1) is 18.7. The summed E-state index contributed by atoms with van der Waals surface area (Å²) in [5.41, 5.74) is 0.404. The van der Waals surface area contributed by atoms with Crippen molar-refractivity contribution >= 4 is 17.6 Å². The fourth-order valence-corrected chi connectivity index (χ4v) is 4.78. The zero-order valence-electron chi connectivity index (χ0n) is 16.1. The lowest BCUT2D eigenvalue weighted by Gasteiger charge is -2.39. The van der Waals surface area contributed by atoms with Crippen molar-refractivity contribution in [2.45, 2.75) is 43.4 Å². The van der Waals surface area contributed by atoms with Gasteiger partial charge in [0.1, 0.15) is 11.7 Å². The summed E-state index contributed by atoms with van der Waals surface area (Å²) in [6.07, 6.45) is 7.52. The van der Waals surface area contributed by atoms with Crippen LogP contribution in [-0.4, -0.2) is 43.9 Å². The highest BCUT2D eigenvalue weighted by molar-refractivity contribution is 6.05. The zero-order valence-corrected chi connectivity index (χ0v) is 16.1. The summed E-state index contributed by atoms with van der Waals surface area (Å²) >= 11 is 0. The summed E-state index contributed by atoms with van der Waals surface area (Å²) in [6.45, 7) is 0. The number of esters is 2. The van der Waals surface area contributed by atoms with Crippen molar-refractivity contribution in [1.29, 1.82) is 0 Å². The summed E-state index contributed by atoms with van der Waals surface area (Å²) in [5, 5.41) is 3.60. The van der Waals surface area contributed by atoms with Gasteiger partial charge in [0.05, 0.1) is 31.4 Å². The quantitative estimate of drug-likeness (QED) is 0.601. The maximum Gasteiger partial charge on any atom is 0.337 e. The van der Waals surface area contributed by atoms with E-state index in [1.165, 1.54) is 14.2 Å². The molecule has 0 spiro atoms. The Morgan fingerprint density at radius 3 is 2.43 bits per heavy atom. The Labute approximate surface area is 164 Å². The third kappa shape index (κ3) is 2.92. The highest BCUT2D eigenvalue weighted by Crippen LogP contribution is 2.50. The summed E-state index contributed by atoms with van der Waals surface area (Å²) < 4.78 is 16.3. The minimum atomic E-state index is -1.05. The Balaban J connectivity index is 1.81. The molecule has 0 amide bonds. The minimum Gasteiger partial charge on any atom is -0.466 e. The van der Waals surface area contributed by atoms with Gasteiger partial charge in [-0.15, -0.1) is 0 Å². The summed E-state index contributed by atoms with van der Waals surface area (Å²) in [6, 6.07) is 9.67. The Hall–Kier alpha value is -2.60. The number of nitrogens with one attached hydrogen (secondary N) is 1. The molecule has 3 unspecified atom stereocenters. The van der Waals surface area contributed by atoms with Crippen LogP contribution < -0.4 is 5.32 Å². The first-order chi connectivity index (χ1) is 13.6. The Morgan fingerprint density at radius 1 is 1.11 bits per heavy atom. The van der Waals surface area contributed by atoms with E-state index in [0.717, 1.165) is 31.4 Å². The van der Waals surface area contributed by atoms with Crippen LogP contribution in [0.4, 0.5) is 5.69 Å². The fourth-order valence-electron chi connectivity index (χ4n) is 4.78. The number of hydrogen-bond acceptors (Lipinski definition) is 6. The van der Waals surface area contributed by atoms with E-state index >= 15 is 0 Å². The first-order valence-electron chi connectivity index (χ1n) is 9.70. The van der Waals surface area contributed by atoms with E-state index in [0.29, 0.717) is 5.92 Å². The number of benzene rings is 1. The average Bonchev–Trinajstić information content (AvgIpc) is 3.47.